The van der Waals surface area contributed by atoms with E-state index in [1.54, 1.807) is 18.5 Å². The first-order valence-corrected chi connectivity index (χ1v) is 4.11. The molecule has 2 rings (SSSR count). The minimum Gasteiger partial charge on any atom is -0.507 e. The fourth-order valence-electron chi connectivity index (χ4n) is 1.46. The number of hydrogen-bond donors (Lipinski definition) is 2. The van der Waals surface area contributed by atoms with Gasteiger partial charge in [0.15, 0.2) is 0 Å². The molecule has 0 aromatic rings. The van der Waals surface area contributed by atoms with Gasteiger partial charge in [-0.05, 0) is 17.7 Å². The van der Waals surface area contributed by atoms with Crippen molar-refractivity contribution in [3.63, 3.8) is 0 Å². The third kappa shape index (κ3) is 1.12. The molecule has 0 fully saturated rings. The maximum Gasteiger partial charge on any atom is 0.342 e. The van der Waals surface area contributed by atoms with Gasteiger partial charge in [0.1, 0.15) is 11.3 Å². The molecule has 1 aliphatic heterocycles. The summed E-state index contributed by atoms with van der Waals surface area (Å²) in [4.78, 5) is 14.2. The summed E-state index contributed by atoms with van der Waals surface area (Å²) in [6.45, 7) is 0. The van der Waals surface area contributed by atoms with Crippen LogP contribution in [0.3, 0.4) is 0 Å². The lowest BCUT2D eigenvalue weighted by Gasteiger charge is -2.01. The van der Waals surface area contributed by atoms with E-state index >= 15 is 0 Å². The molecule has 0 bridgehead atoms. The molecule has 0 radical (unpaired) electrons. The second-order valence-corrected chi connectivity index (χ2v) is 2.91. The molecule has 72 valence electrons. The molecular weight excluding hydrogens is 182 g/mol. The molecule has 0 aromatic heterocycles. The molecule has 2 aliphatic rings. The summed E-state index contributed by atoms with van der Waals surface area (Å²) >= 11 is 0. The van der Waals surface area contributed by atoms with Crippen LogP contribution in [0, 0.1) is 0 Å². The summed E-state index contributed by atoms with van der Waals surface area (Å²) in [5.74, 6) is -0.580. The summed E-state index contributed by atoms with van der Waals surface area (Å²) < 4.78 is 4.57. The van der Waals surface area contributed by atoms with Crippen molar-refractivity contribution in [1.29, 1.82) is 0 Å². The monoisotopic (exact) mass is 191 g/mol. The van der Waals surface area contributed by atoms with Crippen LogP contribution < -0.4 is 0 Å². The maximum atomic E-state index is 11.3. The minimum atomic E-state index is -0.530. The molecule has 1 aliphatic carbocycles. The first-order chi connectivity index (χ1) is 6.74. The number of ether oxygens (including phenoxy) is 1. The number of methoxy groups -OCH3 is 1. The molecule has 1 heterocycles. The Bertz CT molecular complexity index is 447. The Kier molecular flexibility index (Phi) is 1.89. The van der Waals surface area contributed by atoms with E-state index in [9.17, 15) is 9.90 Å². The highest BCUT2D eigenvalue weighted by Crippen LogP contribution is 2.35. The molecule has 2 N–H and O–H groups in total. The zero-order chi connectivity index (χ0) is 10.1. The fourth-order valence-corrected chi connectivity index (χ4v) is 1.46. The lowest BCUT2D eigenvalue weighted by Crippen LogP contribution is -2.01. The van der Waals surface area contributed by atoms with Crippen LogP contribution in [0.2, 0.25) is 0 Å². The van der Waals surface area contributed by atoms with E-state index in [2.05, 4.69) is 9.72 Å². The number of nitrogens with one attached hydrogen (secondary N) is 1. The Labute approximate surface area is 80.5 Å². The molecule has 0 saturated carbocycles. The summed E-state index contributed by atoms with van der Waals surface area (Å²) in [6.07, 6.45) is 3.38. The number of pyridine rings is 1. The van der Waals surface area contributed by atoms with Crippen molar-refractivity contribution >= 4 is 5.97 Å². The lowest BCUT2D eigenvalue weighted by atomic mass is 10.1. The normalized spacial score (nSPS) is 10.4. The zero-order valence-corrected chi connectivity index (χ0v) is 7.57. The van der Waals surface area contributed by atoms with E-state index in [1.807, 2.05) is 0 Å². The van der Waals surface area contributed by atoms with Gasteiger partial charge in [0, 0.05) is 18.0 Å². The highest BCUT2D eigenvalue weighted by molar-refractivity contribution is 6.02. The van der Waals surface area contributed by atoms with Crippen LogP contribution in [0.5, 0.6) is 5.75 Å². The first-order valence-electron chi connectivity index (χ1n) is 4.11. The van der Waals surface area contributed by atoms with Crippen LogP contribution in [-0.4, -0.2) is 23.2 Å². The second kappa shape index (κ2) is 3.06. The van der Waals surface area contributed by atoms with E-state index in [0.717, 1.165) is 5.56 Å². The Morgan fingerprint density at radius 2 is 2.36 bits per heavy atom. The first kappa shape index (κ1) is 8.62. The van der Waals surface area contributed by atoms with Crippen LogP contribution in [0.25, 0.3) is 11.1 Å². The van der Waals surface area contributed by atoms with E-state index in [0.29, 0.717) is 5.56 Å². The number of esters is 1. The molecule has 0 amide bonds. The van der Waals surface area contributed by atoms with Gasteiger partial charge < -0.3 is 14.8 Å². The Balaban J connectivity index is 2.66. The van der Waals surface area contributed by atoms with Crippen molar-refractivity contribution in [2.45, 2.75) is 0 Å². The smallest absolute Gasteiger partial charge is 0.342 e. The van der Waals surface area contributed by atoms with Crippen LogP contribution in [0.1, 0.15) is 10.4 Å². The standard InChI is InChI=1S/C10H9NO3/c1-14-10(13)9-7-5-11-3-2-6(7)4-8(9)12/h2-5,11-12H,1H3. The SMILES string of the molecule is COC(=O)c1c(O)cc2cc[nH]cc1-2. The second-order valence-electron chi connectivity index (χ2n) is 2.91. The summed E-state index contributed by atoms with van der Waals surface area (Å²) in [5.41, 5.74) is 1.68. The number of carbonyl (C=O) groups excluding carboxylic acids is 1. The van der Waals surface area contributed by atoms with Crippen molar-refractivity contribution in [2.75, 3.05) is 7.11 Å². The predicted octanol–water partition coefficient (Wildman–Crippen LogP) is 1.61. The highest BCUT2D eigenvalue weighted by atomic mass is 16.5. The summed E-state index contributed by atoms with van der Waals surface area (Å²) in [7, 11) is 1.28. The molecule has 0 atom stereocenters. The molecule has 4 heteroatoms. The van der Waals surface area contributed by atoms with Crippen molar-refractivity contribution in [2.24, 2.45) is 0 Å². The van der Waals surface area contributed by atoms with Crippen molar-refractivity contribution < 1.29 is 14.6 Å². The number of carbonyl (C=O) groups is 1. The Hall–Kier alpha value is -1.97. The van der Waals surface area contributed by atoms with E-state index in [1.165, 1.54) is 13.2 Å². The largest absolute Gasteiger partial charge is 0.507 e. The maximum absolute atomic E-state index is 11.3. The van der Waals surface area contributed by atoms with Gasteiger partial charge in [0.2, 0.25) is 0 Å². The molecule has 0 saturated heterocycles. The van der Waals surface area contributed by atoms with Gasteiger partial charge in [-0.3, -0.25) is 0 Å². The van der Waals surface area contributed by atoms with Gasteiger partial charge >= 0.3 is 5.97 Å². The topological polar surface area (TPSA) is 62.3 Å². The van der Waals surface area contributed by atoms with Crippen LogP contribution in [-0.2, 0) is 4.74 Å². The number of aromatic hydroxyl groups is 1. The minimum absolute atomic E-state index is 0.0496. The van der Waals surface area contributed by atoms with Crippen molar-refractivity contribution in [3.05, 3.63) is 30.1 Å². The van der Waals surface area contributed by atoms with Gasteiger partial charge in [-0.2, -0.15) is 0 Å². The van der Waals surface area contributed by atoms with Crippen LogP contribution >= 0.6 is 0 Å². The van der Waals surface area contributed by atoms with E-state index < -0.39 is 5.97 Å². The predicted molar refractivity (Wildman–Crippen MR) is 50.4 cm³/mol. The Morgan fingerprint density at radius 3 is 3.07 bits per heavy atom. The third-order valence-corrected chi connectivity index (χ3v) is 2.11. The van der Waals surface area contributed by atoms with Gasteiger partial charge in [0.05, 0.1) is 7.11 Å². The summed E-state index contributed by atoms with van der Waals surface area (Å²) in [5, 5.41) is 9.52. The number of hydrogen-bond acceptors (Lipinski definition) is 3. The van der Waals surface area contributed by atoms with Gasteiger partial charge in [-0.15, -0.1) is 0 Å². The van der Waals surface area contributed by atoms with Gasteiger partial charge in [0.25, 0.3) is 0 Å². The number of aromatic amines is 1. The Morgan fingerprint density at radius 1 is 1.57 bits per heavy atom. The number of H-pyrrole nitrogens is 1. The molecule has 0 spiro atoms. The highest BCUT2D eigenvalue weighted by Gasteiger charge is 2.21. The van der Waals surface area contributed by atoms with Crippen LogP contribution in [0.4, 0.5) is 0 Å². The molecule has 4 nitrogen and oxygen atoms in total. The molecule has 14 heavy (non-hydrogen) atoms. The van der Waals surface area contributed by atoms with Crippen molar-refractivity contribution in [3.8, 4) is 16.9 Å². The van der Waals surface area contributed by atoms with E-state index in [4.69, 9.17) is 0 Å². The molecular formula is C10H9NO3. The summed E-state index contributed by atoms with van der Waals surface area (Å²) in [6, 6.07) is 3.32. The third-order valence-electron chi connectivity index (χ3n) is 2.11. The quantitative estimate of drug-likeness (QED) is 0.673. The van der Waals surface area contributed by atoms with Crippen LogP contribution in [0.15, 0.2) is 24.5 Å². The number of fused-ring (bicyclic) bond motifs is 1. The van der Waals surface area contributed by atoms with Gasteiger partial charge in [-0.25, -0.2) is 4.79 Å². The fraction of sp³-hybridized carbons (Fsp3) is 0.100. The van der Waals surface area contributed by atoms with Crippen molar-refractivity contribution in [1.82, 2.24) is 4.98 Å². The zero-order valence-electron chi connectivity index (χ0n) is 7.57. The molecule has 0 unspecified atom stereocenters. The average Bonchev–Trinajstić information content (AvgIpc) is 2.53. The lowest BCUT2D eigenvalue weighted by molar-refractivity contribution is 0.0599. The average molecular weight is 191 g/mol. The van der Waals surface area contributed by atoms with Gasteiger partial charge in [-0.1, -0.05) is 0 Å². The van der Waals surface area contributed by atoms with E-state index in [-0.39, 0.29) is 11.3 Å². The molecule has 0 aromatic carbocycles. The number of rotatable bonds is 1. The number of aromatic nitrogens is 1.